The fourth-order valence-corrected chi connectivity index (χ4v) is 3.39. The first-order valence-electron chi connectivity index (χ1n) is 8.49. The van der Waals surface area contributed by atoms with Gasteiger partial charge < -0.3 is 16.0 Å². The Bertz CT molecular complexity index is 359. The minimum absolute atomic E-state index is 0.0107. The summed E-state index contributed by atoms with van der Waals surface area (Å²) in [5.74, 6) is 0.0773. The number of rotatable bonds is 5. The normalized spacial score (nSPS) is 25.1. The molecule has 2 aliphatic rings. The van der Waals surface area contributed by atoms with E-state index in [9.17, 15) is 9.59 Å². The van der Waals surface area contributed by atoms with Crippen molar-refractivity contribution in [2.24, 2.45) is 5.92 Å². The zero-order valence-electron chi connectivity index (χ0n) is 13.2. The zero-order chi connectivity index (χ0) is 15.1. The van der Waals surface area contributed by atoms with Gasteiger partial charge in [-0.3, -0.25) is 9.59 Å². The maximum Gasteiger partial charge on any atom is 0.245 e. The van der Waals surface area contributed by atoms with E-state index in [1.54, 1.807) is 0 Å². The third-order valence-corrected chi connectivity index (χ3v) is 4.71. The number of hydrogen-bond donors (Lipinski definition) is 3. The molecule has 21 heavy (non-hydrogen) atoms. The van der Waals surface area contributed by atoms with E-state index in [0.717, 1.165) is 64.5 Å². The first-order chi connectivity index (χ1) is 10.2. The van der Waals surface area contributed by atoms with Crippen molar-refractivity contribution in [2.45, 2.75) is 63.8 Å². The summed E-state index contributed by atoms with van der Waals surface area (Å²) in [6, 6.07) is 0. The van der Waals surface area contributed by atoms with Crippen LogP contribution in [0, 0.1) is 5.92 Å². The molecule has 0 spiro atoms. The number of nitrogens with one attached hydrogen (secondary N) is 3. The largest absolute Gasteiger partial charge is 0.354 e. The van der Waals surface area contributed by atoms with Gasteiger partial charge in [-0.25, -0.2) is 0 Å². The average molecular weight is 295 g/mol. The maximum absolute atomic E-state index is 12.6. The molecule has 0 radical (unpaired) electrons. The molecule has 1 saturated heterocycles. The smallest absolute Gasteiger partial charge is 0.245 e. The van der Waals surface area contributed by atoms with Crippen molar-refractivity contribution in [3.8, 4) is 0 Å². The van der Waals surface area contributed by atoms with E-state index in [1.807, 2.05) is 6.92 Å². The van der Waals surface area contributed by atoms with Crippen LogP contribution in [-0.2, 0) is 9.59 Å². The van der Waals surface area contributed by atoms with Crippen LogP contribution < -0.4 is 16.0 Å². The Labute approximate surface area is 127 Å². The Morgan fingerprint density at radius 1 is 1.19 bits per heavy atom. The summed E-state index contributed by atoms with van der Waals surface area (Å²) in [5.41, 5.74) is -0.665. The Morgan fingerprint density at radius 2 is 1.95 bits per heavy atom. The summed E-state index contributed by atoms with van der Waals surface area (Å²) < 4.78 is 0. The van der Waals surface area contributed by atoms with Crippen molar-refractivity contribution in [1.29, 1.82) is 0 Å². The van der Waals surface area contributed by atoms with Gasteiger partial charge in [0.1, 0.15) is 5.54 Å². The summed E-state index contributed by atoms with van der Waals surface area (Å²) in [7, 11) is 0. The van der Waals surface area contributed by atoms with Gasteiger partial charge in [0.2, 0.25) is 11.8 Å². The highest BCUT2D eigenvalue weighted by Gasteiger charge is 2.41. The van der Waals surface area contributed by atoms with Crippen molar-refractivity contribution in [3.05, 3.63) is 0 Å². The van der Waals surface area contributed by atoms with E-state index < -0.39 is 5.54 Å². The van der Waals surface area contributed by atoms with E-state index in [4.69, 9.17) is 0 Å². The minimum Gasteiger partial charge on any atom is -0.354 e. The molecule has 5 heteroatoms. The summed E-state index contributed by atoms with van der Waals surface area (Å²) in [5, 5.41) is 9.37. The molecule has 1 unspecified atom stereocenters. The third-order valence-electron chi connectivity index (χ3n) is 4.71. The van der Waals surface area contributed by atoms with Crippen LogP contribution in [-0.4, -0.2) is 37.0 Å². The van der Waals surface area contributed by atoms with Gasteiger partial charge in [-0.2, -0.15) is 0 Å². The Balaban J connectivity index is 2.01. The molecule has 1 atom stereocenters. The van der Waals surface area contributed by atoms with E-state index in [1.165, 1.54) is 0 Å². The maximum atomic E-state index is 12.6. The zero-order valence-corrected chi connectivity index (χ0v) is 13.2. The van der Waals surface area contributed by atoms with Crippen molar-refractivity contribution in [1.82, 2.24) is 16.0 Å². The first-order valence-corrected chi connectivity index (χ1v) is 8.49. The standard InChI is InChI=1S/C16H29N3O2/c1-2-10-18-15(21)16(8-4-3-5-9-16)19-14(20)13-7-6-11-17-12-13/h13,17H,2-12H2,1H3,(H,18,21)(H,19,20). The minimum atomic E-state index is -0.665. The SMILES string of the molecule is CCCNC(=O)C1(NC(=O)C2CCCNC2)CCCCC1. The van der Waals surface area contributed by atoms with Crippen LogP contribution in [0.3, 0.4) is 0 Å². The number of piperidine rings is 1. The Hall–Kier alpha value is -1.10. The molecule has 1 aliphatic carbocycles. The van der Waals surface area contributed by atoms with Gasteiger partial charge >= 0.3 is 0 Å². The van der Waals surface area contributed by atoms with Gasteiger partial charge in [-0.15, -0.1) is 0 Å². The Morgan fingerprint density at radius 3 is 2.57 bits per heavy atom. The lowest BCUT2D eigenvalue weighted by Crippen LogP contribution is -2.61. The highest BCUT2D eigenvalue weighted by molar-refractivity contribution is 5.92. The average Bonchev–Trinajstić information content (AvgIpc) is 2.54. The monoisotopic (exact) mass is 295 g/mol. The molecule has 0 aromatic heterocycles. The molecule has 1 saturated carbocycles. The van der Waals surface area contributed by atoms with Crippen molar-refractivity contribution < 1.29 is 9.59 Å². The van der Waals surface area contributed by atoms with Crippen LogP contribution in [0.2, 0.25) is 0 Å². The van der Waals surface area contributed by atoms with Gasteiger partial charge in [0.05, 0.1) is 5.92 Å². The van der Waals surface area contributed by atoms with E-state index >= 15 is 0 Å². The molecule has 0 aromatic rings. The lowest BCUT2D eigenvalue weighted by molar-refractivity contribution is -0.137. The first kappa shape index (κ1) is 16.3. The molecule has 120 valence electrons. The molecule has 1 aliphatic heterocycles. The van der Waals surface area contributed by atoms with E-state index in [0.29, 0.717) is 6.54 Å². The molecule has 2 fully saturated rings. The van der Waals surface area contributed by atoms with Crippen LogP contribution in [0.15, 0.2) is 0 Å². The third kappa shape index (κ3) is 4.19. The predicted molar refractivity (Wildman–Crippen MR) is 82.9 cm³/mol. The van der Waals surface area contributed by atoms with Gasteiger partial charge in [-0.05, 0) is 38.6 Å². The second-order valence-corrected chi connectivity index (χ2v) is 6.43. The molecular formula is C16H29N3O2. The topological polar surface area (TPSA) is 70.2 Å². The highest BCUT2D eigenvalue weighted by atomic mass is 16.2. The molecule has 2 rings (SSSR count). The highest BCUT2D eigenvalue weighted by Crippen LogP contribution is 2.29. The fourth-order valence-electron chi connectivity index (χ4n) is 3.39. The van der Waals surface area contributed by atoms with E-state index in [-0.39, 0.29) is 17.7 Å². The van der Waals surface area contributed by atoms with E-state index in [2.05, 4.69) is 16.0 Å². The van der Waals surface area contributed by atoms with Crippen molar-refractivity contribution in [2.75, 3.05) is 19.6 Å². The van der Waals surface area contributed by atoms with Crippen LogP contribution in [0.5, 0.6) is 0 Å². The summed E-state index contributed by atoms with van der Waals surface area (Å²) in [6.45, 7) is 4.45. The number of carbonyl (C=O) groups is 2. The second-order valence-electron chi connectivity index (χ2n) is 6.43. The second kappa shape index (κ2) is 7.78. The number of amides is 2. The summed E-state index contributed by atoms with van der Waals surface area (Å²) in [6.07, 6.45) is 7.61. The molecule has 3 N–H and O–H groups in total. The number of hydrogen-bond acceptors (Lipinski definition) is 3. The lowest BCUT2D eigenvalue weighted by atomic mass is 9.80. The molecule has 2 amide bonds. The van der Waals surface area contributed by atoms with Crippen molar-refractivity contribution in [3.63, 3.8) is 0 Å². The quantitative estimate of drug-likeness (QED) is 0.716. The van der Waals surface area contributed by atoms with Gasteiger partial charge in [0.15, 0.2) is 0 Å². The molecule has 1 heterocycles. The molecular weight excluding hydrogens is 266 g/mol. The predicted octanol–water partition coefficient (Wildman–Crippen LogP) is 1.33. The summed E-state index contributed by atoms with van der Waals surface area (Å²) >= 11 is 0. The molecule has 0 aromatic carbocycles. The Kier molecular flexibility index (Phi) is 6.03. The molecule has 5 nitrogen and oxygen atoms in total. The van der Waals surface area contributed by atoms with Crippen LogP contribution >= 0.6 is 0 Å². The van der Waals surface area contributed by atoms with Gasteiger partial charge in [-0.1, -0.05) is 26.2 Å². The van der Waals surface area contributed by atoms with Crippen LogP contribution in [0.25, 0.3) is 0 Å². The van der Waals surface area contributed by atoms with Crippen LogP contribution in [0.4, 0.5) is 0 Å². The van der Waals surface area contributed by atoms with Gasteiger partial charge in [0, 0.05) is 13.1 Å². The fraction of sp³-hybridized carbons (Fsp3) is 0.875. The summed E-state index contributed by atoms with van der Waals surface area (Å²) in [4.78, 5) is 25.1. The van der Waals surface area contributed by atoms with Gasteiger partial charge in [0.25, 0.3) is 0 Å². The molecule has 0 bridgehead atoms. The lowest BCUT2D eigenvalue weighted by Gasteiger charge is -2.38. The number of carbonyl (C=O) groups excluding carboxylic acids is 2. The van der Waals surface area contributed by atoms with Crippen molar-refractivity contribution >= 4 is 11.8 Å². The van der Waals surface area contributed by atoms with Crippen LogP contribution in [0.1, 0.15) is 58.3 Å².